The molecule has 1 heterocycles. The van der Waals surface area contributed by atoms with E-state index < -0.39 is 10.0 Å². The third kappa shape index (κ3) is 2.30. The molecule has 0 aliphatic carbocycles. The third-order valence-corrected chi connectivity index (χ3v) is 5.49. The Bertz CT molecular complexity index is 981. The van der Waals surface area contributed by atoms with Crippen molar-refractivity contribution in [2.24, 2.45) is 0 Å². The number of hydrogen-bond donors (Lipinski definition) is 1. The summed E-state index contributed by atoms with van der Waals surface area (Å²) in [6.45, 7) is 3.83. The first-order chi connectivity index (χ1) is 9.89. The number of aryl methyl sites for hydroxylation is 2. The predicted molar refractivity (Wildman–Crippen MR) is 85.6 cm³/mol. The molecule has 0 atom stereocenters. The summed E-state index contributed by atoms with van der Waals surface area (Å²) in [6.07, 6.45) is 0. The summed E-state index contributed by atoms with van der Waals surface area (Å²) in [5, 5.41) is 0. The van der Waals surface area contributed by atoms with Crippen LogP contribution in [-0.2, 0) is 10.0 Å². The number of aromatic nitrogens is 2. The van der Waals surface area contributed by atoms with E-state index in [1.165, 1.54) is 3.97 Å². The van der Waals surface area contributed by atoms with Crippen molar-refractivity contribution in [3.63, 3.8) is 0 Å². The Morgan fingerprint density at radius 1 is 1.00 bits per heavy atom. The fraction of sp³-hybridized carbons (Fsp3) is 0.133. The van der Waals surface area contributed by atoms with Crippen LogP contribution in [0.15, 0.2) is 47.4 Å². The monoisotopic (exact) mass is 318 g/mol. The van der Waals surface area contributed by atoms with Gasteiger partial charge in [-0.25, -0.2) is 12.4 Å². The number of nitrogens with zero attached hydrogens (tertiary/aromatic N) is 1. The van der Waals surface area contributed by atoms with Gasteiger partial charge in [-0.3, -0.25) is 0 Å². The first-order valence-electron chi connectivity index (χ1n) is 6.43. The highest BCUT2D eigenvalue weighted by Crippen LogP contribution is 2.22. The lowest BCUT2D eigenvalue weighted by Gasteiger charge is -2.07. The van der Waals surface area contributed by atoms with Gasteiger partial charge in [0.1, 0.15) is 0 Å². The van der Waals surface area contributed by atoms with Crippen molar-refractivity contribution in [3.05, 3.63) is 58.4 Å². The fourth-order valence-corrected chi connectivity index (χ4v) is 4.11. The number of benzene rings is 2. The zero-order valence-corrected chi connectivity index (χ0v) is 13.3. The van der Waals surface area contributed by atoms with Crippen LogP contribution in [0, 0.1) is 18.6 Å². The van der Waals surface area contributed by atoms with Gasteiger partial charge in [0, 0.05) is 0 Å². The molecule has 0 bridgehead atoms. The Hall–Kier alpha value is -1.92. The van der Waals surface area contributed by atoms with Crippen LogP contribution < -0.4 is 0 Å². The fourth-order valence-electron chi connectivity index (χ4n) is 2.25. The Balaban J connectivity index is 2.33. The first-order valence-corrected chi connectivity index (χ1v) is 8.28. The molecule has 108 valence electrons. The maximum Gasteiger partial charge on any atom is 0.270 e. The van der Waals surface area contributed by atoms with E-state index in [9.17, 15) is 8.42 Å². The summed E-state index contributed by atoms with van der Waals surface area (Å²) in [6, 6.07) is 12.3. The molecule has 6 heteroatoms. The van der Waals surface area contributed by atoms with E-state index in [2.05, 4.69) is 4.98 Å². The summed E-state index contributed by atoms with van der Waals surface area (Å²) in [5.74, 6) is 0. The van der Waals surface area contributed by atoms with Crippen LogP contribution in [0.3, 0.4) is 0 Å². The zero-order valence-electron chi connectivity index (χ0n) is 11.6. The quantitative estimate of drug-likeness (QED) is 0.735. The number of nitrogens with one attached hydrogen (secondary N) is 1. The Labute approximate surface area is 128 Å². The highest BCUT2D eigenvalue weighted by atomic mass is 32.2. The van der Waals surface area contributed by atoms with E-state index in [0.29, 0.717) is 11.0 Å². The second kappa shape index (κ2) is 4.82. The largest absolute Gasteiger partial charge is 0.330 e. The minimum Gasteiger partial charge on any atom is -0.330 e. The Morgan fingerprint density at radius 3 is 2.29 bits per heavy atom. The molecule has 1 aromatic heterocycles. The molecule has 0 spiro atoms. The molecular weight excluding hydrogens is 304 g/mol. The third-order valence-electron chi connectivity index (χ3n) is 3.36. The molecule has 0 unspecified atom stereocenters. The van der Waals surface area contributed by atoms with E-state index in [-0.39, 0.29) is 9.67 Å². The summed E-state index contributed by atoms with van der Waals surface area (Å²) >= 11 is 5.20. The van der Waals surface area contributed by atoms with E-state index in [1.807, 2.05) is 32.0 Å². The SMILES string of the molecule is Cc1ccc(S(=O)(=O)n2c(=S)[nH]c3ccc(C)cc32)cc1. The van der Waals surface area contributed by atoms with Crippen LogP contribution in [0.1, 0.15) is 11.1 Å². The highest BCUT2D eigenvalue weighted by molar-refractivity contribution is 7.90. The topological polar surface area (TPSA) is 54.9 Å². The van der Waals surface area contributed by atoms with Gasteiger partial charge < -0.3 is 4.98 Å². The van der Waals surface area contributed by atoms with Gasteiger partial charge >= 0.3 is 0 Å². The van der Waals surface area contributed by atoms with Gasteiger partial charge in [-0.1, -0.05) is 23.8 Å². The van der Waals surface area contributed by atoms with Crippen molar-refractivity contribution in [1.29, 1.82) is 0 Å². The molecule has 4 nitrogen and oxygen atoms in total. The van der Waals surface area contributed by atoms with E-state index in [4.69, 9.17) is 12.2 Å². The standard InChI is InChI=1S/C15H14N2O2S2/c1-10-3-6-12(7-4-10)21(18,19)17-14-9-11(2)5-8-13(14)16-15(17)20/h3-9H,1-2H3,(H,16,20). The second-order valence-electron chi connectivity index (χ2n) is 5.03. The molecule has 1 N–H and O–H groups in total. The molecule has 0 aliphatic heterocycles. The van der Waals surface area contributed by atoms with Gasteiger partial charge in [0.25, 0.3) is 10.0 Å². The van der Waals surface area contributed by atoms with Crippen LogP contribution >= 0.6 is 12.2 Å². The van der Waals surface area contributed by atoms with E-state index >= 15 is 0 Å². The molecule has 3 aromatic rings. The highest BCUT2D eigenvalue weighted by Gasteiger charge is 2.20. The second-order valence-corrected chi connectivity index (χ2v) is 7.21. The van der Waals surface area contributed by atoms with Crippen molar-refractivity contribution in [1.82, 2.24) is 8.96 Å². The molecule has 2 aromatic carbocycles. The van der Waals surface area contributed by atoms with Crippen LogP contribution in [0.25, 0.3) is 11.0 Å². The van der Waals surface area contributed by atoms with Crippen LogP contribution in [-0.4, -0.2) is 17.4 Å². The molecule has 21 heavy (non-hydrogen) atoms. The van der Waals surface area contributed by atoms with Gasteiger partial charge in [-0.05, 0) is 55.9 Å². The summed E-state index contributed by atoms with van der Waals surface area (Å²) < 4.78 is 27.0. The zero-order chi connectivity index (χ0) is 15.2. The number of fused-ring (bicyclic) bond motifs is 1. The van der Waals surface area contributed by atoms with E-state index in [1.54, 1.807) is 24.3 Å². The lowest BCUT2D eigenvalue weighted by molar-refractivity contribution is 0.588. The molecule has 0 fully saturated rings. The number of hydrogen-bond acceptors (Lipinski definition) is 3. The van der Waals surface area contributed by atoms with Crippen molar-refractivity contribution < 1.29 is 8.42 Å². The average Bonchev–Trinajstić information content (AvgIpc) is 2.75. The van der Waals surface area contributed by atoms with Crippen molar-refractivity contribution in [2.45, 2.75) is 18.7 Å². The van der Waals surface area contributed by atoms with Crippen LogP contribution in [0.4, 0.5) is 0 Å². The molecular formula is C15H14N2O2S2. The maximum absolute atomic E-state index is 12.8. The maximum atomic E-state index is 12.8. The van der Waals surface area contributed by atoms with Crippen molar-refractivity contribution in [3.8, 4) is 0 Å². The lowest BCUT2D eigenvalue weighted by Crippen LogP contribution is -2.13. The molecule has 0 amide bonds. The average molecular weight is 318 g/mol. The molecule has 0 saturated carbocycles. The van der Waals surface area contributed by atoms with Crippen LogP contribution in [0.5, 0.6) is 0 Å². The van der Waals surface area contributed by atoms with Gasteiger partial charge in [0.05, 0.1) is 15.9 Å². The van der Waals surface area contributed by atoms with Crippen molar-refractivity contribution >= 4 is 33.3 Å². The van der Waals surface area contributed by atoms with Gasteiger partial charge in [0.15, 0.2) is 4.77 Å². The summed E-state index contributed by atoms with van der Waals surface area (Å²) in [4.78, 5) is 3.17. The number of H-pyrrole nitrogens is 1. The normalized spacial score (nSPS) is 11.9. The van der Waals surface area contributed by atoms with Gasteiger partial charge in [-0.2, -0.15) is 0 Å². The van der Waals surface area contributed by atoms with Gasteiger partial charge in [-0.15, -0.1) is 0 Å². The predicted octanol–water partition coefficient (Wildman–Crippen LogP) is 3.55. The smallest absolute Gasteiger partial charge is 0.270 e. The number of imidazole rings is 1. The van der Waals surface area contributed by atoms with Crippen molar-refractivity contribution in [2.75, 3.05) is 0 Å². The number of rotatable bonds is 2. The summed E-state index contributed by atoms with van der Waals surface area (Å²) in [7, 11) is -3.71. The number of aromatic amines is 1. The molecule has 0 saturated heterocycles. The Kier molecular flexibility index (Phi) is 3.22. The molecule has 0 radical (unpaired) electrons. The Morgan fingerprint density at radius 2 is 1.62 bits per heavy atom. The lowest BCUT2D eigenvalue weighted by atomic mass is 10.2. The van der Waals surface area contributed by atoms with E-state index in [0.717, 1.165) is 11.1 Å². The summed E-state index contributed by atoms with van der Waals surface area (Å²) in [5.41, 5.74) is 3.26. The minimum absolute atomic E-state index is 0.177. The molecule has 3 rings (SSSR count). The minimum atomic E-state index is -3.71. The van der Waals surface area contributed by atoms with Gasteiger partial charge in [0.2, 0.25) is 0 Å². The first kappa shape index (κ1) is 14.0. The van der Waals surface area contributed by atoms with Crippen LogP contribution in [0.2, 0.25) is 0 Å². The molecule has 0 aliphatic rings.